The molecule has 2 rings (SSSR count). The van der Waals surface area contributed by atoms with Gasteiger partial charge in [-0.05, 0) is 36.3 Å². The second-order valence-corrected chi connectivity index (χ2v) is 7.19. The van der Waals surface area contributed by atoms with Crippen LogP contribution in [0, 0.1) is 0 Å². The van der Waals surface area contributed by atoms with E-state index in [1.165, 1.54) is 12.8 Å². The van der Waals surface area contributed by atoms with E-state index < -0.39 is 0 Å². The van der Waals surface area contributed by atoms with Crippen LogP contribution in [0.15, 0.2) is 24.3 Å². The Bertz CT molecular complexity index is 533. The molecule has 3 amide bonds. The van der Waals surface area contributed by atoms with Gasteiger partial charge in [-0.2, -0.15) is 11.8 Å². The number of nitrogens with one attached hydrogen (secondary N) is 3. The zero-order chi connectivity index (χ0) is 16.7. The van der Waals surface area contributed by atoms with Crippen molar-refractivity contribution in [2.75, 3.05) is 18.1 Å². The van der Waals surface area contributed by atoms with Crippen LogP contribution in [-0.4, -0.2) is 36.0 Å². The zero-order valence-electron chi connectivity index (χ0n) is 13.7. The highest BCUT2D eigenvalue weighted by Gasteiger charge is 2.28. The van der Waals surface area contributed by atoms with Crippen molar-refractivity contribution in [2.45, 2.75) is 43.9 Å². The Hall–Kier alpha value is -1.69. The van der Waals surface area contributed by atoms with Crippen LogP contribution < -0.4 is 16.0 Å². The smallest absolute Gasteiger partial charge is 0.319 e. The summed E-state index contributed by atoms with van der Waals surface area (Å²) >= 11 is 1.92. The zero-order valence-corrected chi connectivity index (χ0v) is 14.5. The number of carbonyl (C=O) groups is 2. The van der Waals surface area contributed by atoms with Gasteiger partial charge in [-0.1, -0.05) is 25.5 Å². The normalized spacial score (nSPS) is 20.1. The van der Waals surface area contributed by atoms with E-state index in [9.17, 15) is 9.59 Å². The highest BCUT2D eigenvalue weighted by Crippen LogP contribution is 2.29. The summed E-state index contributed by atoms with van der Waals surface area (Å²) in [5, 5.41) is 9.07. The summed E-state index contributed by atoms with van der Waals surface area (Å²) in [5.41, 5.74) is 1.66. The van der Waals surface area contributed by atoms with Gasteiger partial charge in [0.2, 0.25) is 5.91 Å². The summed E-state index contributed by atoms with van der Waals surface area (Å²) < 4.78 is 0. The molecule has 0 bridgehead atoms. The highest BCUT2D eigenvalue weighted by atomic mass is 32.2. The second-order valence-electron chi connectivity index (χ2n) is 5.68. The molecule has 1 fully saturated rings. The van der Waals surface area contributed by atoms with E-state index in [1.54, 1.807) is 7.05 Å². The van der Waals surface area contributed by atoms with Crippen LogP contribution in [0.5, 0.6) is 0 Å². The summed E-state index contributed by atoms with van der Waals surface area (Å²) in [4.78, 5) is 23.5. The lowest BCUT2D eigenvalue weighted by Crippen LogP contribution is -2.41. The van der Waals surface area contributed by atoms with Gasteiger partial charge in [-0.15, -0.1) is 0 Å². The largest absolute Gasteiger partial charge is 0.359 e. The fourth-order valence-electron chi connectivity index (χ4n) is 2.82. The van der Waals surface area contributed by atoms with Crippen LogP contribution in [0.4, 0.5) is 10.5 Å². The summed E-state index contributed by atoms with van der Waals surface area (Å²) in [7, 11) is 1.62. The molecule has 0 radical (unpaired) electrons. The molecular weight excluding hydrogens is 310 g/mol. The molecule has 2 atom stereocenters. The minimum absolute atomic E-state index is 0.0239. The van der Waals surface area contributed by atoms with Crippen molar-refractivity contribution >= 4 is 29.4 Å². The lowest BCUT2D eigenvalue weighted by atomic mass is 10.1. The standard InChI is InChI=1S/C17H25N3O2S/c1-3-23-15-6-4-5-14(15)20-17(22)19-13-9-7-12(8-10-13)11-16(21)18-2/h7-10,14-15H,3-6,11H2,1-2H3,(H,18,21)(H2,19,20,22). The Morgan fingerprint density at radius 1 is 1.22 bits per heavy atom. The Morgan fingerprint density at radius 2 is 1.96 bits per heavy atom. The molecule has 2 unspecified atom stereocenters. The van der Waals surface area contributed by atoms with Crippen LogP contribution in [0.25, 0.3) is 0 Å². The molecule has 0 aromatic heterocycles. The van der Waals surface area contributed by atoms with Crippen molar-refractivity contribution in [2.24, 2.45) is 0 Å². The van der Waals surface area contributed by atoms with Crippen molar-refractivity contribution < 1.29 is 9.59 Å². The van der Waals surface area contributed by atoms with Gasteiger partial charge >= 0.3 is 6.03 Å². The minimum atomic E-state index is -0.155. The van der Waals surface area contributed by atoms with Crippen LogP contribution in [0.2, 0.25) is 0 Å². The van der Waals surface area contributed by atoms with Crippen LogP contribution in [-0.2, 0) is 11.2 Å². The van der Waals surface area contributed by atoms with Crippen molar-refractivity contribution in [1.29, 1.82) is 0 Å². The predicted molar refractivity (Wildman–Crippen MR) is 95.9 cm³/mol. The number of urea groups is 1. The number of hydrogen-bond donors (Lipinski definition) is 3. The van der Waals surface area contributed by atoms with E-state index in [-0.39, 0.29) is 18.0 Å². The van der Waals surface area contributed by atoms with Gasteiger partial charge < -0.3 is 16.0 Å². The first kappa shape index (κ1) is 17.7. The molecule has 23 heavy (non-hydrogen) atoms. The first-order chi connectivity index (χ1) is 11.1. The molecule has 0 aliphatic heterocycles. The molecule has 0 spiro atoms. The molecule has 5 nitrogen and oxygen atoms in total. The Kier molecular flexibility index (Phi) is 6.77. The third kappa shape index (κ3) is 5.46. The molecule has 126 valence electrons. The summed E-state index contributed by atoms with van der Waals surface area (Å²) in [6.07, 6.45) is 3.76. The fourth-order valence-corrected chi connectivity index (χ4v) is 4.02. The summed E-state index contributed by atoms with van der Waals surface area (Å²) in [6, 6.07) is 7.46. The third-order valence-corrected chi connectivity index (χ3v) is 5.33. The maximum absolute atomic E-state index is 12.1. The molecule has 1 aromatic carbocycles. The first-order valence-electron chi connectivity index (χ1n) is 8.11. The van der Waals surface area contributed by atoms with Crippen molar-refractivity contribution in [3.63, 3.8) is 0 Å². The van der Waals surface area contributed by atoms with E-state index in [2.05, 4.69) is 22.9 Å². The number of amides is 3. The van der Waals surface area contributed by atoms with E-state index in [1.807, 2.05) is 36.0 Å². The average molecular weight is 335 g/mol. The first-order valence-corrected chi connectivity index (χ1v) is 9.16. The minimum Gasteiger partial charge on any atom is -0.359 e. The number of rotatable bonds is 6. The van der Waals surface area contributed by atoms with Crippen LogP contribution in [0.3, 0.4) is 0 Å². The highest BCUT2D eigenvalue weighted by molar-refractivity contribution is 7.99. The molecular formula is C17H25N3O2S. The van der Waals surface area contributed by atoms with Gasteiger partial charge in [0, 0.05) is 24.0 Å². The Balaban J connectivity index is 1.84. The summed E-state index contributed by atoms with van der Waals surface area (Å²) in [5.74, 6) is 1.06. The monoisotopic (exact) mass is 335 g/mol. The number of thioether (sulfide) groups is 1. The lowest BCUT2D eigenvalue weighted by molar-refractivity contribution is -0.119. The van der Waals surface area contributed by atoms with Gasteiger partial charge in [0.05, 0.1) is 6.42 Å². The van der Waals surface area contributed by atoms with Crippen molar-refractivity contribution in [1.82, 2.24) is 10.6 Å². The molecule has 0 heterocycles. The van der Waals surface area contributed by atoms with Crippen molar-refractivity contribution in [3.05, 3.63) is 29.8 Å². The van der Waals surface area contributed by atoms with Crippen molar-refractivity contribution in [3.8, 4) is 0 Å². The van der Waals surface area contributed by atoms with Gasteiger partial charge in [-0.25, -0.2) is 4.79 Å². The van der Waals surface area contributed by atoms with Crippen LogP contribution in [0.1, 0.15) is 31.7 Å². The maximum Gasteiger partial charge on any atom is 0.319 e. The number of anilines is 1. The number of benzene rings is 1. The predicted octanol–water partition coefficient (Wildman–Crippen LogP) is 2.77. The van der Waals surface area contributed by atoms with Gasteiger partial charge in [0.1, 0.15) is 0 Å². The van der Waals surface area contributed by atoms with E-state index >= 15 is 0 Å². The van der Waals surface area contributed by atoms with Crippen LogP contribution >= 0.6 is 11.8 Å². The number of likely N-dealkylation sites (N-methyl/N-ethyl adjacent to an activating group) is 1. The van der Waals surface area contributed by atoms with E-state index in [0.717, 1.165) is 23.4 Å². The number of hydrogen-bond acceptors (Lipinski definition) is 3. The second kappa shape index (κ2) is 8.82. The quantitative estimate of drug-likeness (QED) is 0.749. The molecule has 6 heteroatoms. The third-order valence-electron chi connectivity index (χ3n) is 4.01. The molecule has 1 aliphatic carbocycles. The maximum atomic E-state index is 12.1. The van der Waals surface area contributed by atoms with E-state index in [0.29, 0.717) is 11.7 Å². The van der Waals surface area contributed by atoms with Gasteiger partial charge in [0.15, 0.2) is 0 Å². The number of carbonyl (C=O) groups excluding carboxylic acids is 2. The average Bonchev–Trinajstić information content (AvgIpc) is 2.96. The molecule has 0 saturated heterocycles. The topological polar surface area (TPSA) is 70.2 Å². The van der Waals surface area contributed by atoms with E-state index in [4.69, 9.17) is 0 Å². The van der Waals surface area contributed by atoms with Gasteiger partial charge in [0.25, 0.3) is 0 Å². The van der Waals surface area contributed by atoms with Gasteiger partial charge in [-0.3, -0.25) is 4.79 Å². The lowest BCUT2D eigenvalue weighted by Gasteiger charge is -2.20. The molecule has 1 aromatic rings. The molecule has 1 saturated carbocycles. The Morgan fingerprint density at radius 3 is 2.61 bits per heavy atom. The molecule has 1 aliphatic rings. The fraction of sp³-hybridized carbons (Fsp3) is 0.529. The SMILES string of the molecule is CCSC1CCCC1NC(=O)Nc1ccc(CC(=O)NC)cc1. The molecule has 3 N–H and O–H groups in total. The Labute approximate surface area is 142 Å². The summed E-state index contributed by atoms with van der Waals surface area (Å²) in [6.45, 7) is 2.15.